The van der Waals surface area contributed by atoms with Crippen LogP contribution in [0.4, 0.5) is 5.69 Å². The molecule has 128 valence electrons. The van der Waals surface area contributed by atoms with Crippen molar-refractivity contribution in [3.05, 3.63) is 47.0 Å². The highest BCUT2D eigenvalue weighted by molar-refractivity contribution is 6.32. The van der Waals surface area contributed by atoms with Crippen LogP contribution >= 0.6 is 11.6 Å². The zero-order valence-electron chi connectivity index (χ0n) is 14.1. The molecule has 0 bridgehead atoms. The summed E-state index contributed by atoms with van der Waals surface area (Å²) in [5.41, 5.74) is 1.03. The summed E-state index contributed by atoms with van der Waals surface area (Å²) < 4.78 is 16.0. The van der Waals surface area contributed by atoms with E-state index in [1.165, 1.54) is 14.2 Å². The zero-order chi connectivity index (χ0) is 17.7. The third-order valence-corrected chi connectivity index (χ3v) is 3.49. The molecule has 2 aromatic carbocycles. The number of benzene rings is 2. The minimum Gasteiger partial charge on any atom is -0.495 e. The van der Waals surface area contributed by atoms with Crippen LogP contribution in [0, 0.1) is 0 Å². The van der Waals surface area contributed by atoms with E-state index in [1.807, 2.05) is 13.8 Å². The molecule has 0 atom stereocenters. The summed E-state index contributed by atoms with van der Waals surface area (Å²) in [4.78, 5) is 12.4. The summed E-state index contributed by atoms with van der Waals surface area (Å²) in [5, 5.41) is 3.21. The number of hydrogen-bond acceptors (Lipinski definition) is 4. The fourth-order valence-corrected chi connectivity index (χ4v) is 2.37. The number of anilines is 1. The van der Waals surface area contributed by atoms with E-state index in [9.17, 15) is 4.79 Å². The molecule has 1 N–H and O–H groups in total. The van der Waals surface area contributed by atoms with Gasteiger partial charge in [0.2, 0.25) is 0 Å². The second kappa shape index (κ2) is 7.93. The van der Waals surface area contributed by atoms with Gasteiger partial charge in [0.15, 0.2) is 11.5 Å². The maximum absolute atomic E-state index is 12.4. The Balaban J connectivity index is 2.19. The average molecular weight is 350 g/mol. The van der Waals surface area contributed by atoms with Gasteiger partial charge in [0.25, 0.3) is 5.91 Å². The van der Waals surface area contributed by atoms with Crippen LogP contribution < -0.4 is 19.5 Å². The second-order valence-electron chi connectivity index (χ2n) is 5.34. The van der Waals surface area contributed by atoms with Gasteiger partial charge in [0.1, 0.15) is 5.75 Å². The van der Waals surface area contributed by atoms with Crippen LogP contribution in [0.15, 0.2) is 36.4 Å². The van der Waals surface area contributed by atoms with Crippen LogP contribution in [-0.4, -0.2) is 26.2 Å². The third-order valence-electron chi connectivity index (χ3n) is 3.20. The van der Waals surface area contributed by atoms with Crippen LogP contribution in [0.25, 0.3) is 0 Å². The fourth-order valence-electron chi connectivity index (χ4n) is 2.11. The molecule has 2 aromatic rings. The predicted molar refractivity (Wildman–Crippen MR) is 94.7 cm³/mol. The summed E-state index contributed by atoms with van der Waals surface area (Å²) in [7, 11) is 3.07. The molecular formula is C18H20ClNO4. The number of methoxy groups -OCH3 is 2. The van der Waals surface area contributed by atoms with E-state index in [0.29, 0.717) is 33.5 Å². The van der Waals surface area contributed by atoms with E-state index in [0.717, 1.165) is 0 Å². The molecule has 5 nitrogen and oxygen atoms in total. The standard InChI is InChI=1S/C18H20ClNO4/c1-11(2)24-16-7-5-12(9-17(16)23-4)18(21)20-13-6-8-15(22-3)14(19)10-13/h5-11H,1-4H3,(H,20,21). The maximum Gasteiger partial charge on any atom is 0.255 e. The summed E-state index contributed by atoms with van der Waals surface area (Å²) in [5.74, 6) is 1.37. The first-order valence-electron chi connectivity index (χ1n) is 7.44. The van der Waals surface area contributed by atoms with Gasteiger partial charge >= 0.3 is 0 Å². The molecule has 0 radical (unpaired) electrons. The Morgan fingerprint density at radius 1 is 1.00 bits per heavy atom. The fraction of sp³-hybridized carbons (Fsp3) is 0.278. The number of carbonyl (C=O) groups is 1. The first kappa shape index (κ1) is 17.9. The lowest BCUT2D eigenvalue weighted by molar-refractivity contribution is 0.102. The number of hydrogen-bond donors (Lipinski definition) is 1. The molecule has 0 aliphatic carbocycles. The Morgan fingerprint density at radius 3 is 2.25 bits per heavy atom. The van der Waals surface area contributed by atoms with Crippen LogP contribution in [-0.2, 0) is 0 Å². The summed E-state index contributed by atoms with van der Waals surface area (Å²) in [6.07, 6.45) is 0.0139. The zero-order valence-corrected chi connectivity index (χ0v) is 14.8. The quantitative estimate of drug-likeness (QED) is 0.840. The molecule has 0 aliphatic rings. The van der Waals surface area contributed by atoms with Crippen LogP contribution in [0.1, 0.15) is 24.2 Å². The van der Waals surface area contributed by atoms with Crippen molar-refractivity contribution in [3.63, 3.8) is 0 Å². The Morgan fingerprint density at radius 2 is 1.67 bits per heavy atom. The van der Waals surface area contributed by atoms with E-state index in [-0.39, 0.29) is 12.0 Å². The monoisotopic (exact) mass is 349 g/mol. The van der Waals surface area contributed by atoms with Gasteiger partial charge in [-0.3, -0.25) is 4.79 Å². The van der Waals surface area contributed by atoms with Crippen LogP contribution in [0.3, 0.4) is 0 Å². The first-order valence-corrected chi connectivity index (χ1v) is 7.82. The molecule has 0 spiro atoms. The van der Waals surface area contributed by atoms with E-state index < -0.39 is 0 Å². The molecule has 0 fully saturated rings. The molecule has 0 saturated carbocycles. The van der Waals surface area contributed by atoms with Gasteiger partial charge in [-0.2, -0.15) is 0 Å². The van der Waals surface area contributed by atoms with Crippen LogP contribution in [0.5, 0.6) is 17.2 Å². The van der Waals surface area contributed by atoms with E-state index >= 15 is 0 Å². The molecule has 2 rings (SSSR count). The number of ether oxygens (including phenoxy) is 3. The SMILES string of the molecule is COc1ccc(NC(=O)c2ccc(OC(C)C)c(OC)c2)cc1Cl. The topological polar surface area (TPSA) is 56.8 Å². The minimum absolute atomic E-state index is 0.0139. The molecule has 24 heavy (non-hydrogen) atoms. The van der Waals surface area contributed by atoms with Gasteiger partial charge in [-0.25, -0.2) is 0 Å². The Kier molecular flexibility index (Phi) is 5.93. The van der Waals surface area contributed by atoms with Crippen molar-refractivity contribution in [1.82, 2.24) is 0 Å². The van der Waals surface area contributed by atoms with Gasteiger partial charge in [0, 0.05) is 11.3 Å². The van der Waals surface area contributed by atoms with Crippen molar-refractivity contribution in [2.24, 2.45) is 0 Å². The van der Waals surface area contributed by atoms with Crippen molar-refractivity contribution < 1.29 is 19.0 Å². The van der Waals surface area contributed by atoms with Gasteiger partial charge in [-0.15, -0.1) is 0 Å². The van der Waals surface area contributed by atoms with Crippen molar-refractivity contribution in [1.29, 1.82) is 0 Å². The lowest BCUT2D eigenvalue weighted by Crippen LogP contribution is -2.13. The Labute approximate surface area is 146 Å². The molecular weight excluding hydrogens is 330 g/mol. The Hall–Kier alpha value is -2.40. The van der Waals surface area contributed by atoms with Gasteiger partial charge in [-0.05, 0) is 50.2 Å². The maximum atomic E-state index is 12.4. The van der Waals surface area contributed by atoms with E-state index in [1.54, 1.807) is 36.4 Å². The van der Waals surface area contributed by atoms with E-state index in [2.05, 4.69) is 5.32 Å². The average Bonchev–Trinajstić information content (AvgIpc) is 2.54. The largest absolute Gasteiger partial charge is 0.495 e. The summed E-state index contributed by atoms with van der Waals surface area (Å²) >= 11 is 6.06. The Bertz CT molecular complexity index is 731. The third kappa shape index (κ3) is 4.32. The highest BCUT2D eigenvalue weighted by Crippen LogP contribution is 2.30. The summed E-state index contributed by atoms with van der Waals surface area (Å²) in [6.45, 7) is 3.85. The number of rotatable bonds is 6. The molecule has 0 aliphatic heterocycles. The number of halogens is 1. The smallest absolute Gasteiger partial charge is 0.255 e. The molecule has 1 amide bonds. The molecule has 0 unspecified atom stereocenters. The van der Waals surface area contributed by atoms with Crippen molar-refractivity contribution in [3.8, 4) is 17.2 Å². The van der Waals surface area contributed by atoms with Gasteiger partial charge in [-0.1, -0.05) is 11.6 Å². The lowest BCUT2D eigenvalue weighted by atomic mass is 10.1. The van der Waals surface area contributed by atoms with E-state index in [4.69, 9.17) is 25.8 Å². The highest BCUT2D eigenvalue weighted by atomic mass is 35.5. The van der Waals surface area contributed by atoms with Crippen molar-refractivity contribution in [2.75, 3.05) is 19.5 Å². The normalized spacial score (nSPS) is 10.4. The number of nitrogens with one attached hydrogen (secondary N) is 1. The number of amides is 1. The highest BCUT2D eigenvalue weighted by Gasteiger charge is 2.13. The predicted octanol–water partition coefficient (Wildman–Crippen LogP) is 4.40. The minimum atomic E-state index is -0.273. The molecule has 0 heterocycles. The lowest BCUT2D eigenvalue weighted by Gasteiger charge is -2.14. The number of carbonyl (C=O) groups excluding carboxylic acids is 1. The molecule has 0 saturated heterocycles. The molecule has 0 aromatic heterocycles. The summed E-state index contributed by atoms with van der Waals surface area (Å²) in [6, 6.07) is 10.1. The van der Waals surface area contributed by atoms with Gasteiger partial charge in [0.05, 0.1) is 25.3 Å². The molecule has 6 heteroatoms. The van der Waals surface area contributed by atoms with Crippen LogP contribution in [0.2, 0.25) is 5.02 Å². The van der Waals surface area contributed by atoms with Crippen molar-refractivity contribution >= 4 is 23.2 Å². The second-order valence-corrected chi connectivity index (χ2v) is 5.74. The van der Waals surface area contributed by atoms with Gasteiger partial charge < -0.3 is 19.5 Å². The van der Waals surface area contributed by atoms with Crippen molar-refractivity contribution in [2.45, 2.75) is 20.0 Å². The first-order chi connectivity index (χ1) is 11.4.